The Hall–Kier alpha value is -3.83. The van der Waals surface area contributed by atoms with Crippen LogP contribution in [0, 0.1) is 23.0 Å². The quantitative estimate of drug-likeness (QED) is 0.231. The number of rotatable bonds is 6. The van der Waals surface area contributed by atoms with Gasteiger partial charge in [-0.3, -0.25) is 4.90 Å². The minimum atomic E-state index is -0.953. The second-order valence-electron chi connectivity index (χ2n) is 12.5. The first-order valence-corrected chi connectivity index (χ1v) is 16.7. The van der Waals surface area contributed by atoms with Crippen LogP contribution in [0.15, 0.2) is 24.8 Å². The number of alkyl halides is 1. The molecule has 8 rings (SSSR count). The summed E-state index contributed by atoms with van der Waals surface area (Å²) in [6, 6.07) is 3.99. The van der Waals surface area contributed by atoms with Crippen molar-refractivity contribution < 1.29 is 27.4 Å². The van der Waals surface area contributed by atoms with E-state index in [1.807, 2.05) is 11.0 Å². The maximum absolute atomic E-state index is 17.2. The van der Waals surface area contributed by atoms with Gasteiger partial charge in [-0.25, -0.2) is 13.2 Å². The van der Waals surface area contributed by atoms with Crippen molar-refractivity contribution in [3.8, 4) is 29.0 Å². The van der Waals surface area contributed by atoms with E-state index in [9.17, 15) is 14.0 Å². The Morgan fingerprint density at radius 2 is 2.13 bits per heavy atom. The van der Waals surface area contributed by atoms with E-state index in [0.29, 0.717) is 38.4 Å². The topological polar surface area (TPSA) is 110 Å². The molecule has 4 aromatic rings. The predicted octanol–water partition coefficient (Wildman–Crippen LogP) is 6.39. The third-order valence-electron chi connectivity index (χ3n) is 9.94. The van der Waals surface area contributed by atoms with Crippen LogP contribution < -0.4 is 20.1 Å². The third kappa shape index (κ3) is 4.63. The van der Waals surface area contributed by atoms with Crippen molar-refractivity contribution in [2.24, 2.45) is 0 Å². The number of hydrogen-bond acceptors (Lipinski definition) is 10. The molecule has 0 spiro atoms. The van der Waals surface area contributed by atoms with Gasteiger partial charge in [0.15, 0.2) is 11.6 Å². The molecule has 4 aliphatic heterocycles. The molecule has 0 radical (unpaired) electrons. The van der Waals surface area contributed by atoms with Gasteiger partial charge in [0.05, 0.1) is 44.9 Å². The van der Waals surface area contributed by atoms with E-state index >= 15 is 4.39 Å². The molecule has 1 unspecified atom stereocenters. The highest BCUT2D eigenvalue weighted by molar-refractivity contribution is 7.23. The Bertz CT molecular complexity index is 2000. The van der Waals surface area contributed by atoms with E-state index in [4.69, 9.17) is 36.5 Å². The number of nitrogen functional groups attached to an aromatic ring is 1. The molecule has 0 amide bonds. The van der Waals surface area contributed by atoms with E-state index in [1.54, 1.807) is 6.08 Å². The fraction of sp³-hybridized carbons (Fsp3) is 0.424. The van der Waals surface area contributed by atoms with E-state index in [-0.39, 0.29) is 78.7 Å². The number of benzene rings is 2. The highest BCUT2D eigenvalue weighted by Crippen LogP contribution is 2.51. The van der Waals surface area contributed by atoms with Crippen LogP contribution >= 0.6 is 22.9 Å². The van der Waals surface area contributed by atoms with Gasteiger partial charge in [-0.15, -0.1) is 17.9 Å². The number of nitrogens with two attached hydrogens (primary N) is 1. The number of anilines is 2. The second kappa shape index (κ2) is 11.4. The molecule has 4 atom stereocenters. The van der Waals surface area contributed by atoms with Gasteiger partial charge in [0, 0.05) is 30.5 Å². The SMILES string of the molecule is C=C[C@H]1COc2c(Cl)c(-c3ccc(F)c4sc(N)c(C#N)c34)c(F)c3nc(OC[C@@]45CCCN4C[C@H](F)C5)nc(c23)N1C1CCOC1. The molecular formula is C33H30ClF3N6O3S. The number of ether oxygens (including phenoxy) is 3. The molecule has 47 heavy (non-hydrogen) atoms. The fourth-order valence-electron chi connectivity index (χ4n) is 7.79. The lowest BCUT2D eigenvalue weighted by Crippen LogP contribution is -2.46. The van der Waals surface area contributed by atoms with E-state index in [0.717, 1.165) is 30.7 Å². The minimum Gasteiger partial charge on any atom is -0.489 e. The van der Waals surface area contributed by atoms with E-state index in [2.05, 4.69) is 16.5 Å². The molecule has 2 aromatic heterocycles. The maximum atomic E-state index is 17.2. The molecule has 3 fully saturated rings. The smallest absolute Gasteiger partial charge is 0.319 e. The summed E-state index contributed by atoms with van der Waals surface area (Å²) in [7, 11) is 0. The molecule has 0 aliphatic carbocycles. The molecule has 14 heteroatoms. The number of nitrogens with zero attached hydrogens (tertiary/aromatic N) is 5. The molecule has 3 saturated heterocycles. The van der Waals surface area contributed by atoms with Gasteiger partial charge in [-0.05, 0) is 37.4 Å². The maximum Gasteiger partial charge on any atom is 0.319 e. The Kier molecular flexibility index (Phi) is 7.40. The average Bonchev–Trinajstić information content (AvgIpc) is 3.82. The molecular weight excluding hydrogens is 653 g/mol. The molecule has 6 heterocycles. The zero-order chi connectivity index (χ0) is 32.6. The van der Waals surface area contributed by atoms with Crippen molar-refractivity contribution in [3.63, 3.8) is 0 Å². The Balaban J connectivity index is 1.37. The standard InChI is InChI=1S/C33H30ClF3N6O3S/c1-2-17-14-45-28-24-27(26(37)23(25(28)34)19-4-5-21(36)29-22(19)20(11-38)30(39)47-29)40-32(41-31(24)43(17)18-6-9-44-13-18)46-15-33-7-3-8-42(33)12-16(35)10-33/h2,4-5,16-18H,1,3,6-10,12-15,39H2/t16-,17+,18?,33+/m1/s1. The van der Waals surface area contributed by atoms with Crippen molar-refractivity contribution in [1.82, 2.24) is 14.9 Å². The van der Waals surface area contributed by atoms with Gasteiger partial charge in [0.25, 0.3) is 0 Å². The van der Waals surface area contributed by atoms with Crippen LogP contribution in [0.3, 0.4) is 0 Å². The van der Waals surface area contributed by atoms with Crippen molar-refractivity contribution >= 4 is 54.7 Å². The first-order chi connectivity index (χ1) is 22.7. The summed E-state index contributed by atoms with van der Waals surface area (Å²) in [4.78, 5) is 13.6. The lowest BCUT2D eigenvalue weighted by molar-refractivity contribution is 0.107. The van der Waals surface area contributed by atoms with Crippen LogP contribution in [0.4, 0.5) is 24.0 Å². The van der Waals surface area contributed by atoms with E-state index in [1.165, 1.54) is 12.1 Å². The van der Waals surface area contributed by atoms with Gasteiger partial charge in [0.2, 0.25) is 0 Å². The van der Waals surface area contributed by atoms with Crippen LogP contribution in [0.1, 0.15) is 31.2 Å². The van der Waals surface area contributed by atoms with Gasteiger partial charge in [-0.2, -0.15) is 15.2 Å². The van der Waals surface area contributed by atoms with Gasteiger partial charge in [0.1, 0.15) is 47.6 Å². The summed E-state index contributed by atoms with van der Waals surface area (Å²) >= 11 is 7.95. The average molecular weight is 683 g/mol. The van der Waals surface area contributed by atoms with Crippen LogP contribution in [0.5, 0.6) is 11.8 Å². The summed E-state index contributed by atoms with van der Waals surface area (Å²) in [5.41, 5.74) is 5.56. The first-order valence-electron chi connectivity index (χ1n) is 15.5. The summed E-state index contributed by atoms with van der Waals surface area (Å²) in [6.07, 6.45) is 3.51. The number of halogens is 4. The Morgan fingerprint density at radius 1 is 1.28 bits per heavy atom. The van der Waals surface area contributed by atoms with Crippen LogP contribution in [-0.4, -0.2) is 78.2 Å². The van der Waals surface area contributed by atoms with Crippen molar-refractivity contribution in [3.05, 3.63) is 47.0 Å². The third-order valence-corrected chi connectivity index (χ3v) is 11.3. The van der Waals surface area contributed by atoms with Crippen molar-refractivity contribution in [2.45, 2.75) is 49.5 Å². The first kappa shape index (κ1) is 30.5. The molecule has 2 aromatic carbocycles. The number of aromatic nitrogens is 2. The van der Waals surface area contributed by atoms with Gasteiger partial charge < -0.3 is 24.8 Å². The summed E-state index contributed by atoms with van der Waals surface area (Å²) in [6.45, 7) is 6.37. The normalized spacial score (nSPS) is 25.6. The Labute approximate surface area is 277 Å². The monoisotopic (exact) mass is 682 g/mol. The number of hydrogen-bond donors (Lipinski definition) is 1. The van der Waals surface area contributed by atoms with E-state index < -0.39 is 29.4 Å². The highest BCUT2D eigenvalue weighted by atomic mass is 35.5. The van der Waals surface area contributed by atoms with Gasteiger partial charge >= 0.3 is 6.01 Å². The van der Waals surface area contributed by atoms with Gasteiger partial charge in [-0.1, -0.05) is 23.7 Å². The van der Waals surface area contributed by atoms with Crippen LogP contribution in [0.2, 0.25) is 5.02 Å². The highest BCUT2D eigenvalue weighted by Gasteiger charge is 2.49. The van der Waals surface area contributed by atoms with Crippen molar-refractivity contribution in [1.29, 1.82) is 5.26 Å². The molecule has 2 N–H and O–H groups in total. The second-order valence-corrected chi connectivity index (χ2v) is 14.0. The largest absolute Gasteiger partial charge is 0.489 e. The number of nitriles is 1. The summed E-state index contributed by atoms with van der Waals surface area (Å²) < 4.78 is 65.2. The lowest BCUT2D eigenvalue weighted by Gasteiger charge is -2.34. The molecule has 244 valence electrons. The number of thiophene rings is 1. The zero-order valence-corrected chi connectivity index (χ0v) is 26.8. The minimum absolute atomic E-state index is 0.0245. The molecule has 9 nitrogen and oxygen atoms in total. The summed E-state index contributed by atoms with van der Waals surface area (Å²) in [5, 5.41) is 10.3. The van der Waals surface area contributed by atoms with Crippen molar-refractivity contribution in [2.75, 3.05) is 50.2 Å². The Morgan fingerprint density at radius 3 is 2.89 bits per heavy atom. The predicted molar refractivity (Wildman–Crippen MR) is 174 cm³/mol. The summed E-state index contributed by atoms with van der Waals surface area (Å²) in [5.74, 6) is -0.927. The zero-order valence-electron chi connectivity index (χ0n) is 25.2. The molecule has 0 bridgehead atoms. The number of fused-ring (bicyclic) bond motifs is 2. The fourth-order valence-corrected chi connectivity index (χ4v) is 9.07. The van der Waals surface area contributed by atoms with Crippen LogP contribution in [-0.2, 0) is 4.74 Å². The molecule has 0 saturated carbocycles. The molecule has 4 aliphatic rings. The lowest BCUT2D eigenvalue weighted by atomic mass is 9.95. The van der Waals surface area contributed by atoms with Crippen LogP contribution in [0.25, 0.3) is 32.1 Å².